The van der Waals surface area contributed by atoms with E-state index in [0.717, 1.165) is 41.9 Å². The zero-order valence-electron chi connectivity index (χ0n) is 12.0. The van der Waals surface area contributed by atoms with Crippen molar-refractivity contribution < 1.29 is 14.7 Å². The summed E-state index contributed by atoms with van der Waals surface area (Å²) < 4.78 is 0. The highest BCUT2D eigenvalue weighted by atomic mass is 32.1. The molecule has 1 aliphatic rings. The van der Waals surface area contributed by atoms with Crippen LogP contribution < -0.4 is 5.32 Å². The molecule has 1 fully saturated rings. The first kappa shape index (κ1) is 15.0. The number of carbonyl (C=O) groups excluding carboxylic acids is 1. The van der Waals surface area contributed by atoms with Gasteiger partial charge in [-0.05, 0) is 32.8 Å². The first-order chi connectivity index (χ1) is 9.42. The highest BCUT2D eigenvalue weighted by Crippen LogP contribution is 2.32. The number of carboxylic acids is 1. The molecule has 2 rings (SSSR count). The quantitative estimate of drug-likeness (QED) is 0.896. The first-order valence-electron chi connectivity index (χ1n) is 7.03. The Balaban J connectivity index is 2.17. The Bertz CT molecular complexity index is 515. The molecule has 1 aromatic heterocycles. The summed E-state index contributed by atoms with van der Waals surface area (Å²) in [5.74, 6) is -0.972. The minimum Gasteiger partial charge on any atom is -0.481 e. The number of hydrogen-bond donors (Lipinski definition) is 2. The van der Waals surface area contributed by atoms with Crippen molar-refractivity contribution in [1.29, 1.82) is 0 Å². The number of nitrogens with one attached hydrogen (secondary N) is 1. The zero-order valence-corrected chi connectivity index (χ0v) is 12.8. The van der Waals surface area contributed by atoms with E-state index < -0.39 is 11.5 Å². The van der Waals surface area contributed by atoms with Crippen molar-refractivity contribution in [2.75, 3.05) is 0 Å². The standard InChI is InChI=1S/C15H21NO3S/c1-10-8-12(11(2)20-10)14(19)16-15(9-13(17)18)6-4-3-5-7-15/h8H,3-7,9H2,1-2H3,(H,16,19)(H,17,18). The van der Waals surface area contributed by atoms with Gasteiger partial charge in [0.1, 0.15) is 0 Å². The van der Waals surface area contributed by atoms with Crippen LogP contribution in [0.1, 0.15) is 58.6 Å². The summed E-state index contributed by atoms with van der Waals surface area (Å²) in [5.41, 5.74) is 0.117. The van der Waals surface area contributed by atoms with Crippen LogP contribution in [0.2, 0.25) is 0 Å². The van der Waals surface area contributed by atoms with Gasteiger partial charge in [0.15, 0.2) is 0 Å². The van der Waals surface area contributed by atoms with Crippen LogP contribution in [0.3, 0.4) is 0 Å². The highest BCUT2D eigenvalue weighted by molar-refractivity contribution is 7.12. The molecular weight excluding hydrogens is 274 g/mol. The third-order valence-corrected chi connectivity index (χ3v) is 4.93. The molecule has 0 radical (unpaired) electrons. The molecule has 0 unspecified atom stereocenters. The molecule has 2 N–H and O–H groups in total. The van der Waals surface area contributed by atoms with Crippen LogP contribution in [-0.4, -0.2) is 22.5 Å². The van der Waals surface area contributed by atoms with E-state index in [1.165, 1.54) is 0 Å². The molecule has 1 aromatic rings. The summed E-state index contributed by atoms with van der Waals surface area (Å²) in [4.78, 5) is 25.6. The van der Waals surface area contributed by atoms with Crippen molar-refractivity contribution in [2.24, 2.45) is 0 Å². The van der Waals surface area contributed by atoms with Gasteiger partial charge in [-0.15, -0.1) is 11.3 Å². The molecule has 110 valence electrons. The summed E-state index contributed by atoms with van der Waals surface area (Å²) in [6.07, 6.45) is 4.61. The zero-order chi connectivity index (χ0) is 14.8. The molecule has 0 spiro atoms. The van der Waals surface area contributed by atoms with Crippen molar-refractivity contribution >= 4 is 23.2 Å². The lowest BCUT2D eigenvalue weighted by Gasteiger charge is -2.37. The van der Waals surface area contributed by atoms with Gasteiger partial charge in [-0.2, -0.15) is 0 Å². The smallest absolute Gasteiger partial charge is 0.305 e. The van der Waals surface area contributed by atoms with Crippen LogP contribution in [0.25, 0.3) is 0 Å². The number of carboxylic acid groups (broad SMARTS) is 1. The number of thiophene rings is 1. The SMILES string of the molecule is Cc1cc(C(=O)NC2(CC(=O)O)CCCCC2)c(C)s1. The molecule has 1 amide bonds. The molecule has 20 heavy (non-hydrogen) atoms. The summed E-state index contributed by atoms with van der Waals surface area (Å²) in [7, 11) is 0. The van der Waals surface area contributed by atoms with Gasteiger partial charge in [0.25, 0.3) is 5.91 Å². The van der Waals surface area contributed by atoms with Crippen LogP contribution in [0.5, 0.6) is 0 Å². The maximum Gasteiger partial charge on any atom is 0.305 e. The largest absolute Gasteiger partial charge is 0.481 e. The second kappa shape index (κ2) is 5.95. The fraction of sp³-hybridized carbons (Fsp3) is 0.600. The monoisotopic (exact) mass is 295 g/mol. The van der Waals surface area contributed by atoms with Gasteiger partial charge in [-0.1, -0.05) is 19.3 Å². The maximum absolute atomic E-state index is 12.4. The van der Waals surface area contributed by atoms with Crippen LogP contribution in [0.15, 0.2) is 6.07 Å². The van der Waals surface area contributed by atoms with Gasteiger partial charge in [0, 0.05) is 9.75 Å². The van der Waals surface area contributed by atoms with Gasteiger partial charge in [-0.25, -0.2) is 0 Å². The summed E-state index contributed by atoms with van der Waals surface area (Å²) in [6, 6.07) is 1.88. The van der Waals surface area contributed by atoms with Crippen molar-refractivity contribution in [3.63, 3.8) is 0 Å². The molecule has 1 heterocycles. The minimum atomic E-state index is -0.842. The van der Waals surface area contributed by atoms with E-state index in [-0.39, 0.29) is 12.3 Å². The fourth-order valence-corrected chi connectivity index (χ4v) is 3.95. The van der Waals surface area contributed by atoms with Gasteiger partial charge in [0.05, 0.1) is 17.5 Å². The van der Waals surface area contributed by atoms with E-state index >= 15 is 0 Å². The number of aliphatic carboxylic acids is 1. The number of carbonyl (C=O) groups is 2. The number of amides is 1. The Hall–Kier alpha value is -1.36. The van der Waals surface area contributed by atoms with Crippen LogP contribution in [-0.2, 0) is 4.79 Å². The first-order valence-corrected chi connectivity index (χ1v) is 7.85. The molecular formula is C15H21NO3S. The molecule has 1 aliphatic carbocycles. The number of aryl methyl sites for hydroxylation is 2. The Morgan fingerprint density at radius 3 is 2.45 bits per heavy atom. The van der Waals surface area contributed by atoms with Crippen LogP contribution in [0.4, 0.5) is 0 Å². The topological polar surface area (TPSA) is 66.4 Å². The lowest BCUT2D eigenvalue weighted by atomic mass is 9.79. The Morgan fingerprint density at radius 2 is 1.95 bits per heavy atom. The van der Waals surface area contributed by atoms with Crippen molar-refractivity contribution in [3.8, 4) is 0 Å². The van der Waals surface area contributed by atoms with Gasteiger partial charge in [-0.3, -0.25) is 9.59 Å². The second-order valence-corrected chi connectivity index (χ2v) is 7.15. The predicted octanol–water partition coefficient (Wildman–Crippen LogP) is 3.27. The Morgan fingerprint density at radius 1 is 1.30 bits per heavy atom. The van der Waals surface area contributed by atoms with E-state index in [9.17, 15) is 9.59 Å². The summed E-state index contributed by atoms with van der Waals surface area (Å²) in [5, 5.41) is 12.1. The van der Waals surface area contributed by atoms with E-state index in [1.807, 2.05) is 19.9 Å². The number of hydrogen-bond acceptors (Lipinski definition) is 3. The Labute approximate surface area is 123 Å². The van der Waals surface area contributed by atoms with E-state index in [4.69, 9.17) is 5.11 Å². The molecule has 5 heteroatoms. The molecule has 0 saturated heterocycles. The average Bonchev–Trinajstić information content (AvgIpc) is 2.68. The predicted molar refractivity (Wildman–Crippen MR) is 79.3 cm³/mol. The van der Waals surface area contributed by atoms with Crippen LogP contribution >= 0.6 is 11.3 Å². The second-order valence-electron chi connectivity index (χ2n) is 5.69. The highest BCUT2D eigenvalue weighted by Gasteiger charge is 2.36. The average molecular weight is 295 g/mol. The lowest BCUT2D eigenvalue weighted by molar-refractivity contribution is -0.139. The lowest BCUT2D eigenvalue weighted by Crippen LogP contribution is -2.51. The fourth-order valence-electron chi connectivity index (χ4n) is 3.03. The summed E-state index contributed by atoms with van der Waals surface area (Å²) in [6.45, 7) is 3.90. The van der Waals surface area contributed by atoms with E-state index in [2.05, 4.69) is 5.32 Å². The van der Waals surface area contributed by atoms with Gasteiger partial charge in [0.2, 0.25) is 0 Å². The van der Waals surface area contributed by atoms with Gasteiger partial charge < -0.3 is 10.4 Å². The van der Waals surface area contributed by atoms with Crippen molar-refractivity contribution in [2.45, 2.75) is 57.9 Å². The number of rotatable bonds is 4. The molecule has 0 aromatic carbocycles. The third kappa shape index (κ3) is 3.39. The normalized spacial score (nSPS) is 17.7. The molecule has 4 nitrogen and oxygen atoms in total. The van der Waals surface area contributed by atoms with Gasteiger partial charge >= 0.3 is 5.97 Å². The molecule has 1 saturated carbocycles. The molecule has 0 bridgehead atoms. The van der Waals surface area contributed by atoms with Crippen molar-refractivity contribution in [3.05, 3.63) is 21.4 Å². The molecule has 0 aliphatic heterocycles. The minimum absolute atomic E-state index is 0.0148. The third-order valence-electron chi connectivity index (χ3n) is 3.96. The van der Waals surface area contributed by atoms with Crippen LogP contribution in [0, 0.1) is 13.8 Å². The summed E-state index contributed by atoms with van der Waals surface area (Å²) >= 11 is 1.60. The maximum atomic E-state index is 12.4. The van der Waals surface area contributed by atoms with E-state index in [0.29, 0.717) is 5.56 Å². The van der Waals surface area contributed by atoms with Crippen molar-refractivity contribution in [1.82, 2.24) is 5.32 Å². The van der Waals surface area contributed by atoms with E-state index in [1.54, 1.807) is 11.3 Å². The Kier molecular flexibility index (Phi) is 4.48. The molecule has 0 atom stereocenters.